The van der Waals surface area contributed by atoms with E-state index in [4.69, 9.17) is 9.15 Å². The molecule has 0 radical (unpaired) electrons. The summed E-state index contributed by atoms with van der Waals surface area (Å²) in [5.41, 5.74) is 1.51. The first kappa shape index (κ1) is 16.3. The van der Waals surface area contributed by atoms with Crippen LogP contribution in [0.3, 0.4) is 0 Å². The Morgan fingerprint density at radius 3 is 2.46 bits per heavy atom. The molecule has 2 amide bonds. The average Bonchev–Trinajstić information content (AvgIpc) is 3.36. The molecule has 1 aliphatic rings. The van der Waals surface area contributed by atoms with E-state index in [9.17, 15) is 9.59 Å². The van der Waals surface area contributed by atoms with Crippen LogP contribution < -0.4 is 4.74 Å². The fourth-order valence-corrected chi connectivity index (χ4v) is 3.24. The quantitative estimate of drug-likeness (QED) is 0.784. The van der Waals surface area contributed by atoms with Gasteiger partial charge in [-0.2, -0.15) is 0 Å². The zero-order valence-corrected chi connectivity index (χ0v) is 14.4. The third-order valence-electron chi connectivity index (χ3n) is 4.71. The van der Waals surface area contributed by atoms with Gasteiger partial charge in [0.05, 0.1) is 18.9 Å². The molecule has 1 fully saturated rings. The lowest BCUT2D eigenvalue weighted by molar-refractivity contribution is 0.0519. The van der Waals surface area contributed by atoms with Crippen molar-refractivity contribution in [3.63, 3.8) is 0 Å². The SMILES string of the molecule is COc1ccc2[nH]cc(C(=O)N3CCN(C(=O)c4ccco4)CC3)c2c1. The maximum absolute atomic E-state index is 12.9. The fourth-order valence-electron chi connectivity index (χ4n) is 3.24. The molecule has 26 heavy (non-hydrogen) atoms. The maximum Gasteiger partial charge on any atom is 0.289 e. The monoisotopic (exact) mass is 353 g/mol. The standard InChI is InChI=1S/C19H19N3O4/c1-25-13-4-5-16-14(11-13)15(12-20-16)18(23)21-6-8-22(9-7-21)19(24)17-3-2-10-26-17/h2-5,10-12,20H,6-9H2,1H3. The number of ether oxygens (including phenoxy) is 1. The van der Waals surface area contributed by atoms with Crippen molar-refractivity contribution in [2.75, 3.05) is 33.3 Å². The van der Waals surface area contributed by atoms with E-state index in [0.717, 1.165) is 10.9 Å². The first-order chi connectivity index (χ1) is 12.7. The van der Waals surface area contributed by atoms with E-state index in [1.165, 1.54) is 6.26 Å². The summed E-state index contributed by atoms with van der Waals surface area (Å²) in [4.78, 5) is 31.9. The number of benzene rings is 1. The number of carbonyl (C=O) groups excluding carboxylic acids is 2. The number of furan rings is 1. The second-order valence-corrected chi connectivity index (χ2v) is 6.18. The van der Waals surface area contributed by atoms with Gasteiger partial charge in [0.2, 0.25) is 0 Å². The van der Waals surface area contributed by atoms with Gasteiger partial charge in [-0.05, 0) is 30.3 Å². The van der Waals surface area contributed by atoms with Crippen LogP contribution in [0.4, 0.5) is 0 Å². The Bertz CT molecular complexity index is 937. The lowest BCUT2D eigenvalue weighted by Gasteiger charge is -2.34. The number of carbonyl (C=O) groups is 2. The number of aromatic amines is 1. The van der Waals surface area contributed by atoms with Gasteiger partial charge in [0.25, 0.3) is 11.8 Å². The van der Waals surface area contributed by atoms with Gasteiger partial charge in [-0.1, -0.05) is 0 Å². The van der Waals surface area contributed by atoms with Crippen LogP contribution >= 0.6 is 0 Å². The molecule has 1 saturated heterocycles. The molecule has 1 N–H and O–H groups in total. The molecule has 4 rings (SSSR count). The molecule has 0 unspecified atom stereocenters. The van der Waals surface area contributed by atoms with E-state index in [2.05, 4.69) is 4.98 Å². The topological polar surface area (TPSA) is 78.8 Å². The minimum absolute atomic E-state index is 0.0467. The van der Waals surface area contributed by atoms with Crippen LogP contribution in [0, 0.1) is 0 Å². The van der Waals surface area contributed by atoms with Crippen molar-refractivity contribution in [2.24, 2.45) is 0 Å². The van der Waals surface area contributed by atoms with Gasteiger partial charge in [0, 0.05) is 43.3 Å². The molecule has 3 aromatic rings. The molecule has 134 valence electrons. The largest absolute Gasteiger partial charge is 0.497 e. The van der Waals surface area contributed by atoms with Crippen LogP contribution in [-0.4, -0.2) is 59.9 Å². The number of nitrogens with one attached hydrogen (secondary N) is 1. The fraction of sp³-hybridized carbons (Fsp3) is 0.263. The lowest BCUT2D eigenvalue weighted by Crippen LogP contribution is -2.50. The van der Waals surface area contributed by atoms with Gasteiger partial charge in [0.1, 0.15) is 5.75 Å². The second kappa shape index (κ2) is 6.59. The van der Waals surface area contributed by atoms with E-state index in [0.29, 0.717) is 43.3 Å². The lowest BCUT2D eigenvalue weighted by atomic mass is 10.1. The van der Waals surface area contributed by atoms with Gasteiger partial charge < -0.3 is 23.9 Å². The third kappa shape index (κ3) is 2.81. The molecule has 0 aliphatic carbocycles. The predicted octanol–water partition coefficient (Wildman–Crippen LogP) is 2.37. The Kier molecular flexibility index (Phi) is 4.12. The number of rotatable bonds is 3. The smallest absolute Gasteiger partial charge is 0.289 e. The molecule has 7 heteroatoms. The number of hydrogen-bond donors (Lipinski definition) is 1. The summed E-state index contributed by atoms with van der Waals surface area (Å²) in [6, 6.07) is 8.95. The Balaban J connectivity index is 1.48. The average molecular weight is 353 g/mol. The van der Waals surface area contributed by atoms with E-state index in [-0.39, 0.29) is 11.8 Å². The van der Waals surface area contributed by atoms with Gasteiger partial charge >= 0.3 is 0 Å². The second-order valence-electron chi connectivity index (χ2n) is 6.18. The molecule has 0 atom stereocenters. The van der Waals surface area contributed by atoms with E-state index < -0.39 is 0 Å². The molecular formula is C19H19N3O4. The molecule has 0 bridgehead atoms. The van der Waals surface area contributed by atoms with E-state index in [1.807, 2.05) is 18.2 Å². The summed E-state index contributed by atoms with van der Waals surface area (Å²) in [6.45, 7) is 1.94. The van der Waals surface area contributed by atoms with Crippen molar-refractivity contribution in [1.29, 1.82) is 0 Å². The zero-order valence-electron chi connectivity index (χ0n) is 14.4. The van der Waals surface area contributed by atoms with Crippen molar-refractivity contribution < 1.29 is 18.7 Å². The highest BCUT2D eigenvalue weighted by Gasteiger charge is 2.27. The van der Waals surface area contributed by atoms with Gasteiger partial charge in [-0.15, -0.1) is 0 Å². The van der Waals surface area contributed by atoms with Crippen LogP contribution in [0.5, 0.6) is 5.75 Å². The molecule has 0 spiro atoms. The van der Waals surface area contributed by atoms with Crippen molar-refractivity contribution in [2.45, 2.75) is 0 Å². The van der Waals surface area contributed by atoms with Gasteiger partial charge in [-0.25, -0.2) is 0 Å². The van der Waals surface area contributed by atoms with E-state index in [1.54, 1.807) is 35.2 Å². The molecule has 1 aromatic carbocycles. The number of hydrogen-bond acceptors (Lipinski definition) is 4. The number of methoxy groups -OCH3 is 1. The summed E-state index contributed by atoms with van der Waals surface area (Å²) in [5, 5.41) is 0.837. The van der Waals surface area contributed by atoms with Gasteiger partial charge in [0.15, 0.2) is 5.76 Å². The Hall–Kier alpha value is -3.22. The number of amides is 2. The third-order valence-corrected chi connectivity index (χ3v) is 4.71. The Morgan fingerprint density at radius 1 is 1.08 bits per heavy atom. The van der Waals surface area contributed by atoms with Crippen molar-refractivity contribution in [1.82, 2.24) is 14.8 Å². The first-order valence-electron chi connectivity index (χ1n) is 8.44. The Morgan fingerprint density at radius 2 is 1.81 bits per heavy atom. The molecule has 2 aromatic heterocycles. The summed E-state index contributed by atoms with van der Waals surface area (Å²) in [5.74, 6) is 0.849. The number of aromatic nitrogens is 1. The van der Waals surface area contributed by atoms with Crippen LogP contribution in [0.1, 0.15) is 20.9 Å². The molecule has 0 saturated carbocycles. The highest BCUT2D eigenvalue weighted by molar-refractivity contribution is 6.07. The number of nitrogens with zero attached hydrogens (tertiary/aromatic N) is 2. The van der Waals surface area contributed by atoms with Crippen molar-refractivity contribution >= 4 is 22.7 Å². The number of H-pyrrole nitrogens is 1. The normalized spacial score (nSPS) is 14.7. The number of piperazine rings is 1. The van der Waals surface area contributed by atoms with Crippen LogP contribution in [0.25, 0.3) is 10.9 Å². The highest BCUT2D eigenvalue weighted by Crippen LogP contribution is 2.25. The minimum Gasteiger partial charge on any atom is -0.497 e. The summed E-state index contributed by atoms with van der Waals surface area (Å²) < 4.78 is 10.4. The van der Waals surface area contributed by atoms with Crippen molar-refractivity contribution in [3.8, 4) is 5.75 Å². The van der Waals surface area contributed by atoms with Crippen LogP contribution in [0.2, 0.25) is 0 Å². The van der Waals surface area contributed by atoms with Crippen molar-refractivity contribution in [3.05, 3.63) is 54.1 Å². The summed E-state index contributed by atoms with van der Waals surface area (Å²) in [7, 11) is 1.60. The predicted molar refractivity (Wildman–Crippen MR) is 95.4 cm³/mol. The maximum atomic E-state index is 12.9. The zero-order chi connectivity index (χ0) is 18.1. The molecular weight excluding hydrogens is 334 g/mol. The Labute approximate surface area is 150 Å². The number of fused-ring (bicyclic) bond motifs is 1. The van der Waals surface area contributed by atoms with Gasteiger partial charge in [-0.3, -0.25) is 9.59 Å². The first-order valence-corrected chi connectivity index (χ1v) is 8.44. The highest BCUT2D eigenvalue weighted by atomic mass is 16.5. The summed E-state index contributed by atoms with van der Waals surface area (Å²) in [6.07, 6.45) is 3.21. The molecule has 7 nitrogen and oxygen atoms in total. The van der Waals surface area contributed by atoms with Crippen LogP contribution in [-0.2, 0) is 0 Å². The molecule has 3 heterocycles. The summed E-state index contributed by atoms with van der Waals surface area (Å²) >= 11 is 0. The van der Waals surface area contributed by atoms with Crippen LogP contribution in [0.15, 0.2) is 47.2 Å². The minimum atomic E-state index is -0.140. The molecule has 1 aliphatic heterocycles. The van der Waals surface area contributed by atoms with E-state index >= 15 is 0 Å².